The van der Waals surface area contributed by atoms with Crippen molar-refractivity contribution in [3.8, 4) is 11.5 Å². The second-order valence-electron chi connectivity index (χ2n) is 8.53. The van der Waals surface area contributed by atoms with Crippen molar-refractivity contribution in [2.24, 2.45) is 0 Å². The van der Waals surface area contributed by atoms with Gasteiger partial charge in [0, 0.05) is 18.5 Å². The van der Waals surface area contributed by atoms with E-state index >= 15 is 0 Å². The molecule has 1 N–H and O–H groups in total. The highest BCUT2D eigenvalue weighted by Crippen LogP contribution is 2.41. The molecule has 1 amide bonds. The lowest BCUT2D eigenvalue weighted by Crippen LogP contribution is -2.32. The van der Waals surface area contributed by atoms with Gasteiger partial charge in [0.1, 0.15) is 5.75 Å². The lowest BCUT2D eigenvalue weighted by atomic mass is 9.94. The van der Waals surface area contributed by atoms with Gasteiger partial charge in [-0.25, -0.2) is 0 Å². The number of carbonyl (C=O) groups excluding carboxylic acids is 2. The summed E-state index contributed by atoms with van der Waals surface area (Å²) < 4.78 is 22.1. The number of methoxy groups -OCH3 is 2. The highest BCUT2D eigenvalue weighted by atomic mass is 16.5. The number of carbonyl (C=O) groups is 2. The van der Waals surface area contributed by atoms with E-state index in [1.54, 1.807) is 55.6 Å². The van der Waals surface area contributed by atoms with Gasteiger partial charge in [-0.2, -0.15) is 0 Å². The second kappa shape index (κ2) is 10.2. The molecule has 4 rings (SSSR count). The van der Waals surface area contributed by atoms with Gasteiger partial charge < -0.3 is 28.6 Å². The standard InChI is InChI=1S/C27H29NO7/c1-16(2)34-13-7-12-28-23(17-8-5-10-19(14-17)32-3)22(25(30)27(28)31)24(29)21-15-18-9-6-11-20(33-4)26(18)35-21/h5-6,8-11,14-16,23,30H,7,12-13H2,1-4H3. The summed E-state index contributed by atoms with van der Waals surface area (Å²) >= 11 is 0. The first-order valence-electron chi connectivity index (χ1n) is 11.5. The predicted octanol–water partition coefficient (Wildman–Crippen LogP) is 4.84. The smallest absolute Gasteiger partial charge is 0.290 e. The van der Waals surface area contributed by atoms with E-state index in [0.717, 1.165) is 0 Å². The number of hydrogen-bond donors (Lipinski definition) is 1. The van der Waals surface area contributed by atoms with E-state index in [1.165, 1.54) is 12.0 Å². The largest absolute Gasteiger partial charge is 0.503 e. The summed E-state index contributed by atoms with van der Waals surface area (Å²) in [5, 5.41) is 11.6. The number of rotatable bonds is 10. The van der Waals surface area contributed by atoms with Crippen LogP contribution in [0, 0.1) is 0 Å². The minimum Gasteiger partial charge on any atom is -0.503 e. The van der Waals surface area contributed by atoms with Crippen molar-refractivity contribution in [3.63, 3.8) is 0 Å². The van der Waals surface area contributed by atoms with Crippen LogP contribution in [0.1, 0.15) is 42.4 Å². The van der Waals surface area contributed by atoms with Crippen molar-refractivity contribution in [2.45, 2.75) is 32.4 Å². The van der Waals surface area contributed by atoms with Crippen LogP contribution in [0.15, 0.2) is 64.3 Å². The van der Waals surface area contributed by atoms with Gasteiger partial charge in [0.05, 0.1) is 31.9 Å². The Balaban J connectivity index is 1.74. The number of hydrogen-bond acceptors (Lipinski definition) is 7. The molecule has 0 bridgehead atoms. The molecule has 1 aromatic heterocycles. The molecule has 2 heterocycles. The number of fused-ring (bicyclic) bond motifs is 1. The van der Waals surface area contributed by atoms with E-state index in [0.29, 0.717) is 47.6 Å². The molecule has 2 aromatic carbocycles. The Hall–Kier alpha value is -3.78. The Labute approximate surface area is 203 Å². The lowest BCUT2D eigenvalue weighted by Gasteiger charge is -2.27. The van der Waals surface area contributed by atoms with Crippen LogP contribution < -0.4 is 9.47 Å². The average molecular weight is 480 g/mol. The van der Waals surface area contributed by atoms with Crippen LogP contribution in [-0.4, -0.2) is 55.2 Å². The van der Waals surface area contributed by atoms with Gasteiger partial charge in [0.2, 0.25) is 5.78 Å². The molecule has 0 aliphatic carbocycles. The molecule has 1 atom stereocenters. The Bertz CT molecular complexity index is 1270. The molecule has 1 unspecified atom stereocenters. The first-order valence-corrected chi connectivity index (χ1v) is 11.5. The number of nitrogens with zero attached hydrogens (tertiary/aromatic N) is 1. The molecule has 0 spiro atoms. The number of Topliss-reactive ketones (excluding diaryl/α,β-unsaturated/α-hetero) is 1. The number of furan rings is 1. The van der Waals surface area contributed by atoms with Crippen molar-refractivity contribution < 1.29 is 33.3 Å². The summed E-state index contributed by atoms with van der Waals surface area (Å²) in [5.74, 6) is -0.693. The van der Waals surface area contributed by atoms with Gasteiger partial charge in [0.15, 0.2) is 22.9 Å². The molecule has 0 saturated heterocycles. The molecule has 184 valence electrons. The van der Waals surface area contributed by atoms with E-state index in [-0.39, 0.29) is 17.4 Å². The number of aliphatic hydroxyl groups is 1. The number of benzene rings is 2. The van der Waals surface area contributed by atoms with Crippen LogP contribution in [0.5, 0.6) is 11.5 Å². The number of para-hydroxylation sites is 1. The maximum atomic E-state index is 13.7. The normalized spacial score (nSPS) is 16.0. The van der Waals surface area contributed by atoms with Crippen LogP contribution in [0.2, 0.25) is 0 Å². The highest BCUT2D eigenvalue weighted by molar-refractivity contribution is 6.16. The fourth-order valence-corrected chi connectivity index (χ4v) is 4.27. The van der Waals surface area contributed by atoms with Crippen molar-refractivity contribution in [1.29, 1.82) is 0 Å². The molecule has 1 aliphatic heterocycles. The molecule has 0 fully saturated rings. The molecule has 8 heteroatoms. The first-order chi connectivity index (χ1) is 16.8. The fraction of sp³-hybridized carbons (Fsp3) is 0.333. The van der Waals surface area contributed by atoms with Crippen molar-refractivity contribution >= 4 is 22.7 Å². The first kappa shape index (κ1) is 24.3. The Morgan fingerprint density at radius 3 is 2.60 bits per heavy atom. The summed E-state index contributed by atoms with van der Waals surface area (Å²) in [6, 6.07) is 13.2. The van der Waals surface area contributed by atoms with Gasteiger partial charge in [-0.05, 0) is 50.1 Å². The number of ketones is 1. The molecule has 35 heavy (non-hydrogen) atoms. The maximum Gasteiger partial charge on any atom is 0.290 e. The highest BCUT2D eigenvalue weighted by Gasteiger charge is 2.44. The van der Waals surface area contributed by atoms with Crippen LogP contribution in [0.25, 0.3) is 11.0 Å². The van der Waals surface area contributed by atoms with Gasteiger partial charge in [-0.15, -0.1) is 0 Å². The van der Waals surface area contributed by atoms with Crippen molar-refractivity contribution in [1.82, 2.24) is 4.90 Å². The van der Waals surface area contributed by atoms with Gasteiger partial charge in [-0.1, -0.05) is 24.3 Å². The van der Waals surface area contributed by atoms with Gasteiger partial charge >= 0.3 is 0 Å². The van der Waals surface area contributed by atoms with E-state index < -0.39 is 23.5 Å². The minimum absolute atomic E-state index is 0.0109. The minimum atomic E-state index is -0.806. The lowest BCUT2D eigenvalue weighted by molar-refractivity contribution is -0.129. The van der Waals surface area contributed by atoms with Gasteiger partial charge in [-0.3, -0.25) is 9.59 Å². The maximum absolute atomic E-state index is 13.7. The molecular weight excluding hydrogens is 450 g/mol. The molecule has 8 nitrogen and oxygen atoms in total. The molecule has 0 radical (unpaired) electrons. The molecule has 0 saturated carbocycles. The number of amides is 1. The van der Waals surface area contributed by atoms with Crippen LogP contribution in [-0.2, 0) is 9.53 Å². The summed E-state index contributed by atoms with van der Waals surface area (Å²) in [6.07, 6.45) is 0.605. The zero-order valence-corrected chi connectivity index (χ0v) is 20.2. The zero-order valence-electron chi connectivity index (χ0n) is 20.2. The topological polar surface area (TPSA) is 98.4 Å². The van der Waals surface area contributed by atoms with Crippen molar-refractivity contribution in [3.05, 3.63) is 71.2 Å². The van der Waals surface area contributed by atoms with Gasteiger partial charge in [0.25, 0.3) is 5.91 Å². The number of aliphatic hydroxyl groups excluding tert-OH is 1. The average Bonchev–Trinajstić information content (AvgIpc) is 3.41. The Morgan fingerprint density at radius 2 is 1.89 bits per heavy atom. The second-order valence-corrected chi connectivity index (χ2v) is 8.53. The summed E-state index contributed by atoms with van der Waals surface area (Å²) in [4.78, 5) is 28.3. The zero-order chi connectivity index (χ0) is 25.1. The molecular formula is C27H29NO7. The Kier molecular flexibility index (Phi) is 7.12. The van der Waals surface area contributed by atoms with Crippen LogP contribution in [0.3, 0.4) is 0 Å². The van der Waals surface area contributed by atoms with E-state index in [1.807, 2.05) is 13.8 Å². The quantitative estimate of drug-likeness (QED) is 0.328. The number of ether oxygens (including phenoxy) is 3. The Morgan fingerprint density at radius 1 is 1.11 bits per heavy atom. The van der Waals surface area contributed by atoms with Crippen LogP contribution >= 0.6 is 0 Å². The van der Waals surface area contributed by atoms with Crippen LogP contribution in [0.4, 0.5) is 0 Å². The monoisotopic (exact) mass is 479 g/mol. The summed E-state index contributed by atoms with van der Waals surface area (Å²) in [6.45, 7) is 4.61. The molecule has 3 aromatic rings. The summed E-state index contributed by atoms with van der Waals surface area (Å²) in [7, 11) is 3.06. The van der Waals surface area contributed by atoms with E-state index in [2.05, 4.69) is 0 Å². The molecule has 1 aliphatic rings. The van der Waals surface area contributed by atoms with E-state index in [4.69, 9.17) is 18.6 Å². The predicted molar refractivity (Wildman–Crippen MR) is 130 cm³/mol. The fourth-order valence-electron chi connectivity index (χ4n) is 4.27. The third-order valence-corrected chi connectivity index (χ3v) is 5.90. The SMILES string of the molecule is COc1cccc(C2C(C(=O)c3cc4cccc(OC)c4o3)=C(O)C(=O)N2CCCOC(C)C)c1. The van der Waals surface area contributed by atoms with E-state index in [9.17, 15) is 14.7 Å². The third-order valence-electron chi connectivity index (χ3n) is 5.90. The van der Waals surface area contributed by atoms with Crippen molar-refractivity contribution in [2.75, 3.05) is 27.4 Å². The third kappa shape index (κ3) is 4.74. The summed E-state index contributed by atoms with van der Waals surface area (Å²) in [5.41, 5.74) is 1.03.